The lowest BCUT2D eigenvalue weighted by Crippen LogP contribution is -2.01. The molecule has 9 heteroatoms. The minimum atomic E-state index is -0.110. The first-order valence-electron chi connectivity index (χ1n) is 8.16. The lowest BCUT2D eigenvalue weighted by Gasteiger charge is -2.09. The monoisotopic (exact) mass is 434 g/mol. The van der Waals surface area contributed by atoms with E-state index in [0.29, 0.717) is 34.0 Å². The van der Waals surface area contributed by atoms with E-state index in [1.54, 1.807) is 13.4 Å². The summed E-state index contributed by atoms with van der Waals surface area (Å²) in [5.41, 5.74) is 2.99. The van der Waals surface area contributed by atoms with Gasteiger partial charge in [-0.3, -0.25) is 0 Å². The Balaban J connectivity index is 1.81. The molecule has 0 spiro atoms. The number of hydrogen-bond donors (Lipinski definition) is 1. The fourth-order valence-corrected chi connectivity index (χ4v) is 3.51. The van der Waals surface area contributed by atoms with Crippen LogP contribution in [0.25, 0.3) is 22.4 Å². The molecule has 2 aromatic carbocycles. The molecule has 0 bridgehead atoms. The maximum atomic E-state index is 9.97. The van der Waals surface area contributed by atoms with Crippen LogP contribution in [0.5, 0.6) is 11.5 Å². The standard InChI is InChI=1S/C19H13Cl3N4O2/c1-28-11-4-2-10(3-5-11)8-26-9-23-17-16(24-19(22)25-18(17)26)12-6-15(27)14(21)7-13(12)20/h2-7,9,27H,8H2,1H3. The van der Waals surface area contributed by atoms with Crippen molar-refractivity contribution in [2.45, 2.75) is 6.54 Å². The number of phenols is 1. The molecular weight excluding hydrogens is 423 g/mol. The van der Waals surface area contributed by atoms with Gasteiger partial charge in [0.15, 0.2) is 5.65 Å². The molecule has 0 atom stereocenters. The number of phenolic OH excluding ortho intramolecular Hbond substituents is 1. The SMILES string of the molecule is COc1ccc(Cn2cnc3c(-c4cc(O)c(Cl)cc4Cl)nc(Cl)nc32)cc1. The van der Waals surface area contributed by atoms with Crippen molar-refractivity contribution >= 4 is 46.0 Å². The average Bonchev–Trinajstić information content (AvgIpc) is 3.07. The second kappa shape index (κ2) is 7.47. The number of hydrogen-bond acceptors (Lipinski definition) is 5. The van der Waals surface area contributed by atoms with E-state index >= 15 is 0 Å². The van der Waals surface area contributed by atoms with Crippen LogP contribution < -0.4 is 4.74 Å². The fourth-order valence-electron chi connectivity index (χ4n) is 2.87. The molecule has 0 saturated heterocycles. The van der Waals surface area contributed by atoms with Crippen LogP contribution in [0.4, 0.5) is 0 Å². The Labute approximate surface area is 175 Å². The third-order valence-electron chi connectivity index (χ3n) is 4.24. The lowest BCUT2D eigenvalue weighted by atomic mass is 10.1. The van der Waals surface area contributed by atoms with Gasteiger partial charge in [-0.1, -0.05) is 35.3 Å². The van der Waals surface area contributed by atoms with Crippen LogP contribution >= 0.6 is 34.8 Å². The molecule has 1 N–H and O–H groups in total. The molecule has 2 aromatic heterocycles. The minimum absolute atomic E-state index is 0.0458. The molecule has 0 aliphatic carbocycles. The van der Waals surface area contributed by atoms with Gasteiger partial charge >= 0.3 is 0 Å². The Hall–Kier alpha value is -2.54. The summed E-state index contributed by atoms with van der Waals surface area (Å²) < 4.78 is 7.04. The zero-order valence-corrected chi connectivity index (χ0v) is 16.8. The van der Waals surface area contributed by atoms with Gasteiger partial charge in [-0.15, -0.1) is 0 Å². The number of rotatable bonds is 4. The molecule has 2 heterocycles. The Morgan fingerprint density at radius 3 is 2.50 bits per heavy atom. The number of aromatic nitrogens is 4. The van der Waals surface area contributed by atoms with Crippen LogP contribution in [0.3, 0.4) is 0 Å². The van der Waals surface area contributed by atoms with Crippen molar-refractivity contribution in [1.29, 1.82) is 0 Å². The molecule has 28 heavy (non-hydrogen) atoms. The van der Waals surface area contributed by atoms with Crippen LogP contribution in [-0.4, -0.2) is 31.7 Å². The molecule has 0 saturated carbocycles. The third-order valence-corrected chi connectivity index (χ3v) is 5.02. The van der Waals surface area contributed by atoms with Crippen molar-refractivity contribution in [3.63, 3.8) is 0 Å². The third kappa shape index (κ3) is 3.46. The molecule has 6 nitrogen and oxygen atoms in total. The maximum Gasteiger partial charge on any atom is 0.225 e. The average molecular weight is 436 g/mol. The fraction of sp³-hybridized carbons (Fsp3) is 0.105. The van der Waals surface area contributed by atoms with Gasteiger partial charge in [-0.05, 0) is 41.4 Å². The lowest BCUT2D eigenvalue weighted by molar-refractivity contribution is 0.414. The van der Waals surface area contributed by atoms with Crippen LogP contribution in [0, 0.1) is 0 Å². The van der Waals surface area contributed by atoms with Gasteiger partial charge in [0.1, 0.15) is 22.7 Å². The number of aromatic hydroxyl groups is 1. The van der Waals surface area contributed by atoms with Crippen molar-refractivity contribution in [2.75, 3.05) is 7.11 Å². The number of fused-ring (bicyclic) bond motifs is 1. The van der Waals surface area contributed by atoms with Gasteiger partial charge in [0.25, 0.3) is 0 Å². The summed E-state index contributed by atoms with van der Waals surface area (Å²) in [6.45, 7) is 0.535. The van der Waals surface area contributed by atoms with Gasteiger partial charge < -0.3 is 14.4 Å². The van der Waals surface area contributed by atoms with E-state index in [2.05, 4.69) is 15.0 Å². The van der Waals surface area contributed by atoms with Gasteiger partial charge in [0.05, 0.1) is 30.0 Å². The van der Waals surface area contributed by atoms with Crippen molar-refractivity contribution in [3.05, 3.63) is 63.6 Å². The van der Waals surface area contributed by atoms with Gasteiger partial charge in [-0.2, -0.15) is 4.98 Å². The smallest absolute Gasteiger partial charge is 0.225 e. The predicted molar refractivity (Wildman–Crippen MR) is 110 cm³/mol. The molecule has 0 aliphatic rings. The van der Waals surface area contributed by atoms with E-state index in [0.717, 1.165) is 11.3 Å². The highest BCUT2D eigenvalue weighted by Crippen LogP contribution is 2.37. The normalized spacial score (nSPS) is 11.1. The first kappa shape index (κ1) is 18.8. The molecule has 0 fully saturated rings. The van der Waals surface area contributed by atoms with E-state index in [4.69, 9.17) is 39.5 Å². The quantitative estimate of drug-likeness (QED) is 0.445. The first-order chi connectivity index (χ1) is 13.5. The Morgan fingerprint density at radius 2 is 1.79 bits per heavy atom. The highest BCUT2D eigenvalue weighted by Gasteiger charge is 2.18. The second-order valence-electron chi connectivity index (χ2n) is 6.02. The summed E-state index contributed by atoms with van der Waals surface area (Å²) in [5.74, 6) is 0.672. The Morgan fingerprint density at radius 1 is 1.04 bits per heavy atom. The number of halogens is 3. The van der Waals surface area contributed by atoms with E-state index in [9.17, 15) is 5.11 Å². The summed E-state index contributed by atoms with van der Waals surface area (Å²) in [4.78, 5) is 13.0. The molecule has 4 aromatic rings. The van der Waals surface area contributed by atoms with E-state index in [-0.39, 0.29) is 16.1 Å². The van der Waals surface area contributed by atoms with Gasteiger partial charge in [-0.25, -0.2) is 9.97 Å². The van der Waals surface area contributed by atoms with Crippen molar-refractivity contribution in [1.82, 2.24) is 19.5 Å². The van der Waals surface area contributed by atoms with E-state index in [1.165, 1.54) is 12.1 Å². The number of ether oxygens (including phenoxy) is 1. The Kier molecular flexibility index (Phi) is 5.02. The number of imidazole rings is 1. The van der Waals surface area contributed by atoms with Crippen LogP contribution in [0.15, 0.2) is 42.7 Å². The zero-order chi connectivity index (χ0) is 19.8. The summed E-state index contributed by atoms with van der Waals surface area (Å²) in [5, 5.41) is 10.5. The molecule has 0 amide bonds. The molecule has 4 rings (SSSR count). The van der Waals surface area contributed by atoms with Crippen molar-refractivity contribution < 1.29 is 9.84 Å². The Bertz CT molecular complexity index is 1180. The summed E-state index contributed by atoms with van der Waals surface area (Å²) in [6.07, 6.45) is 1.66. The van der Waals surface area contributed by atoms with Crippen LogP contribution in [0.1, 0.15) is 5.56 Å². The molecule has 0 radical (unpaired) electrons. The number of nitrogens with zero attached hydrogens (tertiary/aromatic N) is 4. The highest BCUT2D eigenvalue weighted by molar-refractivity contribution is 6.37. The summed E-state index contributed by atoms with van der Waals surface area (Å²) >= 11 is 18.4. The van der Waals surface area contributed by atoms with Crippen LogP contribution in [-0.2, 0) is 6.54 Å². The predicted octanol–water partition coefficient (Wildman–Crippen LogP) is 5.22. The zero-order valence-electron chi connectivity index (χ0n) is 14.5. The molecule has 142 valence electrons. The molecular formula is C19H13Cl3N4O2. The molecule has 0 aliphatic heterocycles. The van der Waals surface area contributed by atoms with Crippen LogP contribution in [0.2, 0.25) is 15.3 Å². The topological polar surface area (TPSA) is 73.1 Å². The van der Waals surface area contributed by atoms with Gasteiger partial charge in [0.2, 0.25) is 5.28 Å². The summed E-state index contributed by atoms with van der Waals surface area (Å²) in [7, 11) is 1.62. The van der Waals surface area contributed by atoms with E-state index in [1.807, 2.05) is 28.8 Å². The van der Waals surface area contributed by atoms with E-state index < -0.39 is 0 Å². The van der Waals surface area contributed by atoms with Gasteiger partial charge in [0, 0.05) is 5.56 Å². The number of methoxy groups -OCH3 is 1. The largest absolute Gasteiger partial charge is 0.506 e. The van der Waals surface area contributed by atoms with Crippen molar-refractivity contribution in [2.24, 2.45) is 0 Å². The number of benzene rings is 2. The first-order valence-corrected chi connectivity index (χ1v) is 9.29. The maximum absolute atomic E-state index is 9.97. The van der Waals surface area contributed by atoms with Crippen molar-refractivity contribution in [3.8, 4) is 22.8 Å². The summed E-state index contributed by atoms with van der Waals surface area (Å²) in [6, 6.07) is 10.6. The molecule has 0 unspecified atom stereocenters. The second-order valence-corrected chi connectivity index (χ2v) is 7.17. The highest BCUT2D eigenvalue weighted by atomic mass is 35.5. The minimum Gasteiger partial charge on any atom is -0.506 e.